The third kappa shape index (κ3) is 2.08. The molecule has 4 nitrogen and oxygen atoms in total. The smallest absolute Gasteiger partial charge is 0.322 e. The Labute approximate surface area is 112 Å². The van der Waals surface area contributed by atoms with Gasteiger partial charge in [0.05, 0.1) is 10.0 Å². The van der Waals surface area contributed by atoms with Crippen LogP contribution >= 0.6 is 34.8 Å². The molecule has 1 aliphatic rings. The van der Waals surface area contributed by atoms with E-state index in [2.05, 4.69) is 5.32 Å². The van der Waals surface area contributed by atoms with Crippen LogP contribution < -0.4 is 5.32 Å². The van der Waals surface area contributed by atoms with Gasteiger partial charge in [0.15, 0.2) is 0 Å². The van der Waals surface area contributed by atoms with Crippen LogP contribution in [0.15, 0.2) is 12.1 Å². The maximum Gasteiger partial charge on any atom is 0.324 e. The van der Waals surface area contributed by atoms with Gasteiger partial charge in [-0.2, -0.15) is 0 Å². The van der Waals surface area contributed by atoms with E-state index in [0.29, 0.717) is 10.6 Å². The number of carbonyl (C=O) groups is 2. The quantitative estimate of drug-likeness (QED) is 0.639. The largest absolute Gasteiger partial charge is 0.324 e. The van der Waals surface area contributed by atoms with Crippen LogP contribution in [0.3, 0.4) is 0 Å². The molecule has 0 saturated carbocycles. The summed E-state index contributed by atoms with van der Waals surface area (Å²) in [6, 6.07) is 1.64. The Morgan fingerprint density at radius 2 is 1.71 bits per heavy atom. The van der Waals surface area contributed by atoms with Gasteiger partial charge in [0.25, 0.3) is 5.91 Å². The number of likely N-dealkylation sites (N-methyl/N-ethyl adjacent to an activating group) is 1. The first-order chi connectivity index (χ1) is 7.91. The monoisotopic (exact) mass is 292 g/mol. The fourth-order valence-electron chi connectivity index (χ4n) is 1.55. The fraction of sp³-hybridized carbons (Fsp3) is 0.200. The summed E-state index contributed by atoms with van der Waals surface area (Å²) in [6.45, 7) is 0. The summed E-state index contributed by atoms with van der Waals surface area (Å²) in [5.41, 5.74) is 0.434. The second-order valence-corrected chi connectivity index (χ2v) is 4.79. The molecule has 1 N–H and O–H groups in total. The maximum absolute atomic E-state index is 11.8. The molecule has 3 amide bonds. The normalized spacial score (nSPS) is 19.8. The molecule has 1 fully saturated rings. The lowest BCUT2D eigenvalue weighted by Crippen LogP contribution is -2.25. The molecule has 1 aromatic carbocycles. The van der Waals surface area contributed by atoms with E-state index in [1.165, 1.54) is 19.2 Å². The second kappa shape index (κ2) is 4.37. The number of urea groups is 1. The lowest BCUT2D eigenvalue weighted by Gasteiger charge is -2.11. The van der Waals surface area contributed by atoms with E-state index < -0.39 is 12.1 Å². The number of nitrogens with one attached hydrogen (secondary N) is 1. The number of imide groups is 1. The zero-order valence-corrected chi connectivity index (χ0v) is 10.9. The number of halogens is 3. The number of benzene rings is 1. The van der Waals surface area contributed by atoms with Gasteiger partial charge in [-0.1, -0.05) is 34.8 Å². The Bertz CT molecular complexity index is 519. The summed E-state index contributed by atoms with van der Waals surface area (Å²) in [7, 11) is 1.39. The zero-order valence-electron chi connectivity index (χ0n) is 8.63. The molecule has 0 bridgehead atoms. The molecule has 17 heavy (non-hydrogen) atoms. The van der Waals surface area contributed by atoms with Gasteiger partial charge in [0.2, 0.25) is 0 Å². The average Bonchev–Trinajstić information content (AvgIpc) is 2.51. The number of hydrogen-bond acceptors (Lipinski definition) is 2. The second-order valence-electron chi connectivity index (χ2n) is 3.57. The minimum atomic E-state index is -0.810. The van der Waals surface area contributed by atoms with Crippen molar-refractivity contribution in [1.29, 1.82) is 0 Å². The van der Waals surface area contributed by atoms with Crippen LogP contribution in [0.1, 0.15) is 11.6 Å². The van der Waals surface area contributed by atoms with Crippen LogP contribution in [0, 0.1) is 0 Å². The topological polar surface area (TPSA) is 49.4 Å². The highest BCUT2D eigenvalue weighted by molar-refractivity contribution is 6.43. The molecule has 1 atom stereocenters. The Morgan fingerprint density at radius 3 is 2.24 bits per heavy atom. The molecule has 1 aliphatic heterocycles. The summed E-state index contributed by atoms with van der Waals surface area (Å²) in [4.78, 5) is 24.1. The minimum absolute atomic E-state index is 0.280. The third-order valence-corrected chi connectivity index (χ3v) is 3.55. The first kappa shape index (κ1) is 12.5. The molecule has 0 spiro atoms. The highest BCUT2D eigenvalue weighted by Gasteiger charge is 2.37. The van der Waals surface area contributed by atoms with Crippen LogP contribution in [0.2, 0.25) is 15.1 Å². The van der Waals surface area contributed by atoms with Crippen molar-refractivity contribution >= 4 is 46.7 Å². The first-order valence-electron chi connectivity index (χ1n) is 4.64. The lowest BCUT2D eigenvalue weighted by atomic mass is 10.1. The van der Waals surface area contributed by atoms with Crippen LogP contribution in [0.25, 0.3) is 0 Å². The number of nitrogens with zero attached hydrogens (tertiary/aromatic N) is 1. The standard InChI is InChI=1S/C10H7Cl3N2O2/c1-15-9(16)8(14-10(15)17)4-2-6(12)7(13)3-5(4)11/h2-3,8H,1H3,(H,14,17). The summed E-state index contributed by atoms with van der Waals surface area (Å²) < 4.78 is 0. The Hall–Kier alpha value is -0.970. The highest BCUT2D eigenvalue weighted by atomic mass is 35.5. The molecule has 7 heteroatoms. The van der Waals surface area contributed by atoms with Crippen molar-refractivity contribution in [1.82, 2.24) is 10.2 Å². The van der Waals surface area contributed by atoms with Crippen molar-refractivity contribution in [2.75, 3.05) is 7.05 Å². The van der Waals surface area contributed by atoms with Crippen molar-refractivity contribution in [3.8, 4) is 0 Å². The molecule has 2 rings (SSSR count). The SMILES string of the molecule is CN1C(=O)NC(c2cc(Cl)c(Cl)cc2Cl)C1=O. The van der Waals surface area contributed by atoms with Crippen LogP contribution in [-0.4, -0.2) is 23.9 Å². The van der Waals surface area contributed by atoms with E-state index in [0.717, 1.165) is 4.90 Å². The number of hydrogen-bond donors (Lipinski definition) is 1. The van der Waals surface area contributed by atoms with E-state index >= 15 is 0 Å². The minimum Gasteiger partial charge on any atom is -0.322 e. The molecular formula is C10H7Cl3N2O2. The molecule has 90 valence electrons. The molecule has 0 aromatic heterocycles. The molecule has 1 heterocycles. The van der Waals surface area contributed by atoms with Crippen LogP contribution in [-0.2, 0) is 4.79 Å². The number of carbonyl (C=O) groups excluding carboxylic acids is 2. The Morgan fingerprint density at radius 1 is 1.12 bits per heavy atom. The van der Waals surface area contributed by atoms with Crippen LogP contribution in [0.4, 0.5) is 4.79 Å². The highest BCUT2D eigenvalue weighted by Crippen LogP contribution is 2.34. The van der Waals surface area contributed by atoms with E-state index in [9.17, 15) is 9.59 Å². The molecule has 0 aliphatic carbocycles. The summed E-state index contributed by atoms with van der Waals surface area (Å²) in [5.74, 6) is -0.379. The molecular weight excluding hydrogens is 286 g/mol. The summed E-state index contributed by atoms with van der Waals surface area (Å²) >= 11 is 17.6. The van der Waals surface area contributed by atoms with Crippen molar-refractivity contribution in [2.45, 2.75) is 6.04 Å². The lowest BCUT2D eigenvalue weighted by molar-refractivity contribution is -0.126. The fourth-order valence-corrected chi connectivity index (χ4v) is 2.21. The van der Waals surface area contributed by atoms with Crippen molar-refractivity contribution in [2.24, 2.45) is 0 Å². The van der Waals surface area contributed by atoms with Gasteiger partial charge in [-0.25, -0.2) is 4.79 Å². The van der Waals surface area contributed by atoms with Gasteiger partial charge in [0.1, 0.15) is 6.04 Å². The zero-order chi connectivity index (χ0) is 12.7. The van der Waals surface area contributed by atoms with Gasteiger partial charge in [-0.3, -0.25) is 9.69 Å². The van der Waals surface area contributed by atoms with E-state index in [1.54, 1.807) is 0 Å². The average molecular weight is 294 g/mol. The van der Waals surface area contributed by atoms with Gasteiger partial charge in [-0.05, 0) is 12.1 Å². The molecule has 1 saturated heterocycles. The Balaban J connectivity index is 2.45. The predicted molar refractivity (Wildman–Crippen MR) is 65.5 cm³/mol. The predicted octanol–water partition coefficient (Wildman–Crippen LogP) is 2.87. The van der Waals surface area contributed by atoms with E-state index in [4.69, 9.17) is 34.8 Å². The Kier molecular flexibility index (Phi) is 3.21. The molecule has 1 aromatic rings. The maximum atomic E-state index is 11.8. The van der Waals surface area contributed by atoms with Crippen LogP contribution in [0.5, 0.6) is 0 Å². The number of rotatable bonds is 1. The first-order valence-corrected chi connectivity index (χ1v) is 5.77. The van der Waals surface area contributed by atoms with Gasteiger partial charge >= 0.3 is 6.03 Å². The third-order valence-electron chi connectivity index (χ3n) is 2.50. The van der Waals surface area contributed by atoms with Crippen molar-refractivity contribution < 1.29 is 9.59 Å². The summed E-state index contributed by atoms with van der Waals surface area (Å²) in [6.07, 6.45) is 0. The molecule has 1 unspecified atom stereocenters. The summed E-state index contributed by atoms with van der Waals surface area (Å²) in [5, 5.41) is 3.37. The molecule has 0 radical (unpaired) electrons. The van der Waals surface area contributed by atoms with E-state index in [-0.39, 0.29) is 16.0 Å². The van der Waals surface area contributed by atoms with E-state index in [1.807, 2.05) is 0 Å². The van der Waals surface area contributed by atoms with Gasteiger partial charge < -0.3 is 5.32 Å². The number of amides is 3. The van der Waals surface area contributed by atoms with Crippen molar-refractivity contribution in [3.05, 3.63) is 32.8 Å². The van der Waals surface area contributed by atoms with Gasteiger partial charge in [-0.15, -0.1) is 0 Å². The van der Waals surface area contributed by atoms with Crippen molar-refractivity contribution in [3.63, 3.8) is 0 Å². The van der Waals surface area contributed by atoms with Gasteiger partial charge in [0, 0.05) is 17.6 Å².